The fourth-order valence-corrected chi connectivity index (χ4v) is 3.09. The van der Waals surface area contributed by atoms with Gasteiger partial charge in [0.25, 0.3) is 0 Å². The van der Waals surface area contributed by atoms with Gasteiger partial charge in [0, 0.05) is 34.2 Å². The topological polar surface area (TPSA) is 87.8 Å². The van der Waals surface area contributed by atoms with Crippen molar-refractivity contribution in [3.05, 3.63) is 64.3 Å². The highest BCUT2D eigenvalue weighted by Crippen LogP contribution is 2.26. The Morgan fingerprint density at radius 3 is 2.82 bits per heavy atom. The van der Waals surface area contributed by atoms with Crippen molar-refractivity contribution in [2.24, 2.45) is 15.8 Å². The van der Waals surface area contributed by atoms with E-state index in [1.165, 1.54) is 5.56 Å². The van der Waals surface area contributed by atoms with Crippen LogP contribution in [-0.4, -0.2) is 30.8 Å². The molecule has 1 heterocycles. The Morgan fingerprint density at radius 2 is 2.07 bits per heavy atom. The number of methoxy groups -OCH3 is 1. The van der Waals surface area contributed by atoms with Crippen molar-refractivity contribution in [1.82, 2.24) is 10.4 Å². The second-order valence-electron chi connectivity index (χ2n) is 6.48. The van der Waals surface area contributed by atoms with Crippen LogP contribution in [0.2, 0.25) is 5.02 Å². The van der Waals surface area contributed by atoms with Crippen LogP contribution < -0.4 is 15.9 Å². The van der Waals surface area contributed by atoms with E-state index in [0.29, 0.717) is 12.5 Å². The van der Waals surface area contributed by atoms with Gasteiger partial charge in [-0.2, -0.15) is 5.10 Å². The van der Waals surface area contributed by atoms with Crippen molar-refractivity contribution >= 4 is 34.7 Å². The summed E-state index contributed by atoms with van der Waals surface area (Å²) >= 11 is 5.89. The van der Waals surface area contributed by atoms with E-state index in [9.17, 15) is 0 Å². The average Bonchev–Trinajstić information content (AvgIpc) is 3.10. The van der Waals surface area contributed by atoms with Crippen molar-refractivity contribution in [3.8, 4) is 5.75 Å². The van der Waals surface area contributed by atoms with E-state index >= 15 is 0 Å². The zero-order chi connectivity index (χ0) is 19.9. The maximum absolute atomic E-state index is 5.89. The molecule has 0 radical (unpaired) electrons. The predicted octanol–water partition coefficient (Wildman–Crippen LogP) is 4.01. The first kappa shape index (κ1) is 19.8. The molecule has 0 amide bonds. The first-order chi connectivity index (χ1) is 13.6. The first-order valence-corrected chi connectivity index (χ1v) is 9.44. The van der Waals surface area contributed by atoms with Crippen LogP contribution in [0.1, 0.15) is 23.1 Å². The molecule has 7 heteroatoms. The number of benzene rings is 2. The molecule has 0 spiro atoms. The van der Waals surface area contributed by atoms with Gasteiger partial charge in [0.05, 0.1) is 13.3 Å². The smallest absolute Gasteiger partial charge is 0.209 e. The highest BCUT2D eigenvalue weighted by molar-refractivity contribution is 6.30. The SMILES string of the molecule is COc1cc(C)c2[nH]cc(/C=N/NC(N)=NCCCc3ccc(Cl)cc3)c2c1. The Bertz CT molecular complexity index is 992. The lowest BCUT2D eigenvalue weighted by Crippen LogP contribution is -2.27. The molecular formula is C21H24ClN5O. The Morgan fingerprint density at radius 1 is 1.29 bits per heavy atom. The number of rotatable bonds is 7. The summed E-state index contributed by atoms with van der Waals surface area (Å²) in [5, 5.41) is 5.98. The van der Waals surface area contributed by atoms with E-state index in [1.807, 2.05) is 49.5 Å². The molecule has 3 rings (SSSR count). The Hall–Kier alpha value is -2.99. The minimum atomic E-state index is 0.293. The number of hydrogen-bond acceptors (Lipinski definition) is 3. The molecule has 28 heavy (non-hydrogen) atoms. The van der Waals surface area contributed by atoms with Crippen LogP contribution in [0, 0.1) is 6.92 Å². The molecule has 0 bridgehead atoms. The Labute approximate surface area is 169 Å². The van der Waals surface area contributed by atoms with E-state index in [0.717, 1.165) is 45.6 Å². The largest absolute Gasteiger partial charge is 0.497 e. The number of aliphatic imine (C=N–C) groups is 1. The lowest BCUT2D eigenvalue weighted by Gasteiger charge is -2.03. The predicted molar refractivity (Wildman–Crippen MR) is 117 cm³/mol. The molecule has 0 atom stereocenters. The second kappa shape index (κ2) is 9.28. The summed E-state index contributed by atoms with van der Waals surface area (Å²) in [6.07, 6.45) is 5.44. The minimum Gasteiger partial charge on any atom is -0.497 e. The Balaban J connectivity index is 1.53. The van der Waals surface area contributed by atoms with Gasteiger partial charge in [0.15, 0.2) is 0 Å². The maximum atomic E-state index is 5.89. The number of aryl methyl sites for hydroxylation is 2. The van der Waals surface area contributed by atoms with E-state index in [4.69, 9.17) is 22.1 Å². The highest BCUT2D eigenvalue weighted by atomic mass is 35.5. The van der Waals surface area contributed by atoms with Crippen LogP contribution in [0.5, 0.6) is 5.75 Å². The number of hydrogen-bond donors (Lipinski definition) is 3. The van der Waals surface area contributed by atoms with Crippen LogP contribution in [0.25, 0.3) is 10.9 Å². The summed E-state index contributed by atoms with van der Waals surface area (Å²) in [7, 11) is 1.66. The third-order valence-corrected chi connectivity index (χ3v) is 4.68. The average molecular weight is 398 g/mol. The number of hydrazone groups is 1. The molecule has 0 aliphatic heterocycles. The van der Waals surface area contributed by atoms with Gasteiger partial charge in [-0.3, -0.25) is 4.99 Å². The number of ether oxygens (including phenoxy) is 1. The van der Waals surface area contributed by atoms with E-state index in [1.54, 1.807) is 13.3 Å². The summed E-state index contributed by atoms with van der Waals surface area (Å²) in [5.74, 6) is 1.11. The molecule has 0 saturated carbocycles. The standard InChI is InChI=1S/C21H24ClN5O/c1-14-10-18(28-2)11-19-16(12-25-20(14)19)13-26-27-21(23)24-9-3-4-15-5-7-17(22)8-6-15/h5-8,10-13,25H,3-4,9H2,1-2H3,(H3,23,24,27)/b26-13+. The van der Waals surface area contributed by atoms with Crippen LogP contribution in [0.3, 0.4) is 0 Å². The monoisotopic (exact) mass is 397 g/mol. The van der Waals surface area contributed by atoms with Crippen molar-refractivity contribution in [3.63, 3.8) is 0 Å². The number of halogens is 1. The number of fused-ring (bicyclic) bond motifs is 1. The van der Waals surface area contributed by atoms with Crippen molar-refractivity contribution in [1.29, 1.82) is 0 Å². The lowest BCUT2D eigenvalue weighted by atomic mass is 10.1. The number of aromatic nitrogens is 1. The fourth-order valence-electron chi connectivity index (χ4n) is 2.96. The van der Waals surface area contributed by atoms with Crippen LogP contribution in [0.4, 0.5) is 0 Å². The summed E-state index contributed by atoms with van der Waals surface area (Å²) in [5.41, 5.74) is 13.0. The normalized spacial score (nSPS) is 12.0. The molecule has 6 nitrogen and oxygen atoms in total. The molecule has 2 aromatic carbocycles. The molecular weight excluding hydrogens is 374 g/mol. The summed E-state index contributed by atoms with van der Waals surface area (Å²) in [6.45, 7) is 2.66. The van der Waals surface area contributed by atoms with Gasteiger partial charge in [0.2, 0.25) is 5.96 Å². The Kier molecular flexibility index (Phi) is 6.55. The van der Waals surface area contributed by atoms with Crippen LogP contribution >= 0.6 is 11.6 Å². The number of aromatic amines is 1. The second-order valence-corrected chi connectivity index (χ2v) is 6.91. The van der Waals surface area contributed by atoms with Gasteiger partial charge in [-0.25, -0.2) is 5.43 Å². The van der Waals surface area contributed by atoms with Gasteiger partial charge in [-0.05, 0) is 55.2 Å². The van der Waals surface area contributed by atoms with Gasteiger partial charge in [-0.1, -0.05) is 23.7 Å². The highest BCUT2D eigenvalue weighted by Gasteiger charge is 2.06. The van der Waals surface area contributed by atoms with E-state index in [2.05, 4.69) is 20.5 Å². The molecule has 0 fully saturated rings. The van der Waals surface area contributed by atoms with Crippen molar-refractivity contribution in [2.45, 2.75) is 19.8 Å². The summed E-state index contributed by atoms with van der Waals surface area (Å²) in [6, 6.07) is 11.8. The number of H-pyrrole nitrogens is 1. The zero-order valence-corrected chi connectivity index (χ0v) is 16.8. The molecule has 0 aliphatic carbocycles. The number of nitrogens with zero attached hydrogens (tertiary/aromatic N) is 2. The zero-order valence-electron chi connectivity index (χ0n) is 16.0. The van der Waals surface area contributed by atoms with E-state index in [-0.39, 0.29) is 0 Å². The minimum absolute atomic E-state index is 0.293. The van der Waals surface area contributed by atoms with Gasteiger partial charge < -0.3 is 15.5 Å². The van der Waals surface area contributed by atoms with Crippen LogP contribution in [-0.2, 0) is 6.42 Å². The molecule has 3 aromatic rings. The molecule has 4 N–H and O–H groups in total. The van der Waals surface area contributed by atoms with Gasteiger partial charge in [0.1, 0.15) is 5.75 Å². The van der Waals surface area contributed by atoms with Crippen molar-refractivity contribution in [2.75, 3.05) is 13.7 Å². The first-order valence-electron chi connectivity index (χ1n) is 9.06. The number of nitrogens with two attached hydrogens (primary N) is 1. The molecule has 1 aromatic heterocycles. The molecule has 0 aliphatic rings. The molecule has 146 valence electrons. The van der Waals surface area contributed by atoms with Gasteiger partial charge >= 0.3 is 0 Å². The fraction of sp³-hybridized carbons (Fsp3) is 0.238. The third-order valence-electron chi connectivity index (χ3n) is 4.43. The van der Waals surface area contributed by atoms with E-state index < -0.39 is 0 Å². The van der Waals surface area contributed by atoms with Gasteiger partial charge in [-0.15, -0.1) is 0 Å². The molecule has 0 saturated heterocycles. The number of nitrogens with one attached hydrogen (secondary N) is 2. The van der Waals surface area contributed by atoms with Crippen molar-refractivity contribution < 1.29 is 4.74 Å². The third kappa shape index (κ3) is 5.04. The summed E-state index contributed by atoms with van der Waals surface area (Å²) < 4.78 is 5.34. The molecule has 0 unspecified atom stereocenters. The van der Waals surface area contributed by atoms with Crippen LogP contribution in [0.15, 0.2) is 52.7 Å². The lowest BCUT2D eigenvalue weighted by molar-refractivity contribution is 0.415. The maximum Gasteiger partial charge on any atom is 0.209 e. The summed E-state index contributed by atoms with van der Waals surface area (Å²) in [4.78, 5) is 7.56. The number of guanidine groups is 1. The quantitative estimate of drug-likeness (QED) is 0.243.